The second kappa shape index (κ2) is 7.22. The van der Waals surface area contributed by atoms with E-state index in [-0.39, 0.29) is 16.8 Å². The van der Waals surface area contributed by atoms with Crippen LogP contribution < -0.4 is 9.64 Å². The molecule has 1 amide bonds. The van der Waals surface area contributed by atoms with Gasteiger partial charge in [-0.1, -0.05) is 29.8 Å². The first kappa shape index (κ1) is 19.0. The lowest BCUT2D eigenvalue weighted by Gasteiger charge is -2.30. The Labute approximate surface area is 165 Å². The fraction of sp³-hybridized carbons (Fsp3) is 0.381. The zero-order chi connectivity index (χ0) is 19.9. The lowest BCUT2D eigenvalue weighted by Crippen LogP contribution is -2.36. The number of aryl methyl sites for hydroxylation is 1. The Morgan fingerprint density at radius 2 is 1.96 bits per heavy atom. The number of sulfonamides is 1. The summed E-state index contributed by atoms with van der Waals surface area (Å²) in [5.41, 5.74) is 2.76. The van der Waals surface area contributed by atoms with Crippen molar-refractivity contribution in [3.8, 4) is 5.75 Å². The van der Waals surface area contributed by atoms with Crippen molar-refractivity contribution < 1.29 is 17.9 Å². The van der Waals surface area contributed by atoms with Gasteiger partial charge >= 0.3 is 0 Å². The largest absolute Gasteiger partial charge is 0.489 e. The summed E-state index contributed by atoms with van der Waals surface area (Å²) in [6, 6.07) is 12.7. The molecule has 2 aromatic rings. The maximum atomic E-state index is 13.4. The van der Waals surface area contributed by atoms with Crippen molar-refractivity contribution >= 4 is 21.6 Å². The van der Waals surface area contributed by atoms with E-state index in [9.17, 15) is 13.2 Å². The van der Waals surface area contributed by atoms with Gasteiger partial charge in [0.15, 0.2) is 0 Å². The molecule has 4 rings (SSSR count). The van der Waals surface area contributed by atoms with Crippen LogP contribution in [0.4, 0.5) is 5.69 Å². The second-order valence-electron chi connectivity index (χ2n) is 7.34. The van der Waals surface area contributed by atoms with Crippen molar-refractivity contribution in [3.05, 3.63) is 53.6 Å². The van der Waals surface area contributed by atoms with Gasteiger partial charge < -0.3 is 9.64 Å². The zero-order valence-electron chi connectivity index (χ0n) is 16.1. The van der Waals surface area contributed by atoms with Crippen LogP contribution in [0.2, 0.25) is 0 Å². The highest BCUT2D eigenvalue weighted by Crippen LogP contribution is 2.39. The van der Waals surface area contributed by atoms with Crippen LogP contribution in [0.1, 0.15) is 36.9 Å². The number of benzene rings is 2. The number of nitrogens with zero attached hydrogens (tertiary/aromatic N) is 2. The lowest BCUT2D eigenvalue weighted by atomic mass is 10.0. The Bertz CT molecular complexity index is 1020. The normalized spacial score (nSPS) is 19.9. The molecule has 7 heteroatoms. The number of hydrogen-bond donors (Lipinski definition) is 0. The van der Waals surface area contributed by atoms with Crippen LogP contribution in [-0.2, 0) is 14.8 Å². The van der Waals surface area contributed by atoms with Gasteiger partial charge in [0.25, 0.3) is 0 Å². The quantitative estimate of drug-likeness (QED) is 0.793. The standard InChI is InChI=1S/C21H24N2O4S/c1-15-5-3-6-17(13-15)19-7-4-10-23(19)28(25,26)18-8-9-20-21(14-18)27-12-11-22(20)16(2)24/h3,5-6,8-9,13-14,19H,4,7,10-12H2,1-2H3. The smallest absolute Gasteiger partial charge is 0.243 e. The van der Waals surface area contributed by atoms with E-state index < -0.39 is 10.0 Å². The Morgan fingerprint density at radius 1 is 1.14 bits per heavy atom. The maximum Gasteiger partial charge on any atom is 0.243 e. The third-order valence-electron chi connectivity index (χ3n) is 5.41. The summed E-state index contributed by atoms with van der Waals surface area (Å²) in [5.74, 6) is 0.355. The van der Waals surface area contributed by atoms with Gasteiger partial charge in [-0.15, -0.1) is 0 Å². The number of amides is 1. The number of anilines is 1. The highest BCUT2D eigenvalue weighted by atomic mass is 32.2. The van der Waals surface area contributed by atoms with Gasteiger partial charge in [-0.3, -0.25) is 4.79 Å². The molecule has 0 spiro atoms. The first-order valence-corrected chi connectivity index (χ1v) is 11.0. The number of carbonyl (C=O) groups is 1. The van der Waals surface area contributed by atoms with Crippen molar-refractivity contribution in [2.45, 2.75) is 37.6 Å². The van der Waals surface area contributed by atoms with Gasteiger partial charge in [0.1, 0.15) is 12.4 Å². The molecule has 0 aromatic heterocycles. The van der Waals surface area contributed by atoms with E-state index in [1.54, 1.807) is 27.4 Å². The monoisotopic (exact) mass is 400 g/mol. The molecule has 2 heterocycles. The Hall–Kier alpha value is -2.38. The Morgan fingerprint density at radius 3 is 2.71 bits per heavy atom. The van der Waals surface area contributed by atoms with E-state index >= 15 is 0 Å². The molecule has 2 aliphatic heterocycles. The molecule has 0 saturated carbocycles. The summed E-state index contributed by atoms with van der Waals surface area (Å²) < 4.78 is 34.0. The van der Waals surface area contributed by atoms with Crippen molar-refractivity contribution in [3.63, 3.8) is 0 Å². The maximum absolute atomic E-state index is 13.4. The van der Waals surface area contributed by atoms with Crippen LogP contribution >= 0.6 is 0 Å². The van der Waals surface area contributed by atoms with Gasteiger partial charge in [-0.2, -0.15) is 4.31 Å². The van der Waals surface area contributed by atoms with E-state index in [0.717, 1.165) is 24.0 Å². The molecule has 1 fully saturated rings. The third kappa shape index (κ3) is 3.29. The number of rotatable bonds is 3. The number of ether oxygens (including phenoxy) is 1. The number of carbonyl (C=O) groups excluding carboxylic acids is 1. The van der Waals surface area contributed by atoms with Crippen LogP contribution in [-0.4, -0.2) is 38.3 Å². The summed E-state index contributed by atoms with van der Waals surface area (Å²) >= 11 is 0. The van der Waals surface area contributed by atoms with Gasteiger partial charge in [0.2, 0.25) is 15.9 Å². The van der Waals surface area contributed by atoms with Gasteiger partial charge in [0, 0.05) is 19.5 Å². The predicted molar refractivity (Wildman–Crippen MR) is 107 cm³/mol. The molecule has 6 nitrogen and oxygen atoms in total. The average Bonchev–Trinajstić information content (AvgIpc) is 3.17. The summed E-state index contributed by atoms with van der Waals surface area (Å²) in [6.07, 6.45) is 1.64. The summed E-state index contributed by atoms with van der Waals surface area (Å²) in [4.78, 5) is 13.6. The molecule has 0 bridgehead atoms. The summed E-state index contributed by atoms with van der Waals surface area (Å²) in [7, 11) is -3.67. The lowest BCUT2D eigenvalue weighted by molar-refractivity contribution is -0.116. The minimum atomic E-state index is -3.67. The highest BCUT2D eigenvalue weighted by molar-refractivity contribution is 7.89. The summed E-state index contributed by atoms with van der Waals surface area (Å²) in [6.45, 7) is 4.83. The van der Waals surface area contributed by atoms with Gasteiger partial charge in [-0.05, 0) is 37.5 Å². The van der Waals surface area contributed by atoms with E-state index in [1.165, 1.54) is 6.92 Å². The van der Waals surface area contributed by atoms with Crippen molar-refractivity contribution in [1.29, 1.82) is 0 Å². The van der Waals surface area contributed by atoms with E-state index in [2.05, 4.69) is 6.07 Å². The molecule has 0 aliphatic carbocycles. The van der Waals surface area contributed by atoms with Gasteiger partial charge in [0.05, 0.1) is 23.2 Å². The molecule has 2 aromatic carbocycles. The van der Waals surface area contributed by atoms with Crippen molar-refractivity contribution in [2.24, 2.45) is 0 Å². The Balaban J connectivity index is 1.69. The van der Waals surface area contributed by atoms with Crippen LogP contribution in [0, 0.1) is 6.92 Å². The molecule has 1 atom stereocenters. The Kier molecular flexibility index (Phi) is 4.89. The molecule has 0 N–H and O–H groups in total. The average molecular weight is 401 g/mol. The minimum Gasteiger partial charge on any atom is -0.489 e. The predicted octanol–water partition coefficient (Wildman–Crippen LogP) is 3.27. The second-order valence-corrected chi connectivity index (χ2v) is 9.23. The topological polar surface area (TPSA) is 66.9 Å². The molecule has 0 radical (unpaired) electrons. The zero-order valence-corrected chi connectivity index (χ0v) is 16.9. The first-order valence-electron chi connectivity index (χ1n) is 9.51. The molecule has 1 saturated heterocycles. The third-order valence-corrected chi connectivity index (χ3v) is 7.32. The van der Waals surface area contributed by atoms with Crippen molar-refractivity contribution in [2.75, 3.05) is 24.6 Å². The molecule has 2 aliphatic rings. The van der Waals surface area contributed by atoms with E-state index in [0.29, 0.717) is 31.1 Å². The minimum absolute atomic E-state index is 0.0841. The van der Waals surface area contributed by atoms with Crippen LogP contribution in [0.15, 0.2) is 47.4 Å². The van der Waals surface area contributed by atoms with Crippen molar-refractivity contribution in [1.82, 2.24) is 4.31 Å². The molecular weight excluding hydrogens is 376 g/mol. The first-order chi connectivity index (χ1) is 13.4. The van der Waals surface area contributed by atoms with Gasteiger partial charge in [-0.25, -0.2) is 8.42 Å². The van der Waals surface area contributed by atoms with E-state index in [1.807, 2.05) is 25.1 Å². The van der Waals surface area contributed by atoms with E-state index in [4.69, 9.17) is 4.74 Å². The molecule has 28 heavy (non-hydrogen) atoms. The fourth-order valence-electron chi connectivity index (χ4n) is 4.06. The number of fused-ring (bicyclic) bond motifs is 1. The van der Waals surface area contributed by atoms with Crippen LogP contribution in [0.3, 0.4) is 0 Å². The highest BCUT2D eigenvalue weighted by Gasteiger charge is 2.37. The van der Waals surface area contributed by atoms with Crippen LogP contribution in [0.25, 0.3) is 0 Å². The fourth-order valence-corrected chi connectivity index (χ4v) is 5.76. The number of hydrogen-bond acceptors (Lipinski definition) is 4. The molecular formula is C21H24N2O4S. The van der Waals surface area contributed by atoms with Crippen LogP contribution in [0.5, 0.6) is 5.75 Å². The molecule has 148 valence electrons. The molecule has 1 unspecified atom stereocenters. The SMILES string of the molecule is CC(=O)N1CCOc2cc(S(=O)(=O)N3CCCC3c3cccc(C)c3)ccc21. The summed E-state index contributed by atoms with van der Waals surface area (Å²) in [5, 5.41) is 0.